The van der Waals surface area contributed by atoms with Crippen molar-refractivity contribution < 1.29 is 33.5 Å². The summed E-state index contributed by atoms with van der Waals surface area (Å²) in [5.74, 6) is -0.398. The zero-order chi connectivity index (χ0) is 20.3. The molecule has 3 rings (SSSR count). The Labute approximate surface area is 159 Å². The first-order valence-corrected chi connectivity index (χ1v) is 8.05. The minimum Gasteiger partial charge on any atom is -0.467 e. The van der Waals surface area contributed by atoms with E-state index in [1.54, 1.807) is 18.2 Å². The van der Waals surface area contributed by atoms with Crippen molar-refractivity contribution >= 4 is 23.3 Å². The van der Waals surface area contributed by atoms with E-state index in [2.05, 4.69) is 10.1 Å². The number of methoxy groups -OCH3 is 2. The highest BCUT2D eigenvalue weighted by molar-refractivity contribution is 5.91. The van der Waals surface area contributed by atoms with Crippen molar-refractivity contribution in [3.05, 3.63) is 57.6 Å². The molecular weight excluding hydrogens is 372 g/mol. The lowest BCUT2D eigenvalue weighted by Gasteiger charge is -2.18. The molecule has 1 aliphatic heterocycles. The number of carbonyl (C=O) groups excluding carboxylic acids is 2. The second kappa shape index (κ2) is 7.82. The van der Waals surface area contributed by atoms with E-state index in [-0.39, 0.29) is 18.0 Å². The first-order valence-electron chi connectivity index (χ1n) is 8.05. The van der Waals surface area contributed by atoms with Crippen molar-refractivity contribution in [3.8, 4) is 11.5 Å². The van der Waals surface area contributed by atoms with Gasteiger partial charge < -0.3 is 24.3 Å². The topological polar surface area (TPSA) is 126 Å². The summed E-state index contributed by atoms with van der Waals surface area (Å²) in [6, 6.07) is 7.54. The third-order valence-corrected chi connectivity index (χ3v) is 4.08. The molecule has 10 heteroatoms. The molecule has 1 N–H and O–H groups in total. The van der Waals surface area contributed by atoms with Crippen molar-refractivity contribution in [1.82, 2.24) is 0 Å². The molecule has 0 amide bonds. The molecule has 0 unspecified atom stereocenters. The number of benzene rings is 2. The van der Waals surface area contributed by atoms with Crippen molar-refractivity contribution in [3.63, 3.8) is 0 Å². The van der Waals surface area contributed by atoms with Gasteiger partial charge in [0.1, 0.15) is 5.69 Å². The zero-order valence-electron chi connectivity index (χ0n) is 15.0. The standard InChI is InChI=1S/C18H16N2O8/c1-25-17(21)11-3-5-12(13(7-11)20(23)24)19-16(18(22)26-2)10-4-6-14-15(8-10)28-9-27-14/h3-8,16,19H,9H2,1-2H3/t16-/m0/s1. The second-order valence-electron chi connectivity index (χ2n) is 5.69. The Morgan fingerprint density at radius 1 is 1.11 bits per heavy atom. The number of nitrogens with one attached hydrogen (secondary N) is 1. The predicted molar refractivity (Wildman–Crippen MR) is 95.4 cm³/mol. The van der Waals surface area contributed by atoms with E-state index in [1.165, 1.54) is 26.4 Å². The molecule has 0 saturated carbocycles. The van der Waals surface area contributed by atoms with Gasteiger partial charge in [0.05, 0.1) is 24.7 Å². The smallest absolute Gasteiger partial charge is 0.338 e. The maximum Gasteiger partial charge on any atom is 0.338 e. The minimum atomic E-state index is -1.05. The van der Waals surface area contributed by atoms with Crippen molar-refractivity contribution in [2.75, 3.05) is 26.3 Å². The number of carbonyl (C=O) groups is 2. The highest BCUT2D eigenvalue weighted by atomic mass is 16.7. The molecule has 0 aromatic heterocycles. The molecule has 0 spiro atoms. The predicted octanol–water partition coefficient (Wildman–Crippen LogP) is 2.44. The fourth-order valence-corrected chi connectivity index (χ4v) is 2.69. The molecule has 2 aromatic rings. The van der Waals surface area contributed by atoms with Crippen LogP contribution in [0.2, 0.25) is 0 Å². The summed E-state index contributed by atoms with van der Waals surface area (Å²) in [6.07, 6.45) is 0. The molecular formula is C18H16N2O8. The van der Waals surface area contributed by atoms with Gasteiger partial charge in [0.15, 0.2) is 17.5 Å². The number of ether oxygens (including phenoxy) is 4. The Morgan fingerprint density at radius 3 is 2.54 bits per heavy atom. The number of nitro groups is 1. The maximum absolute atomic E-state index is 12.3. The second-order valence-corrected chi connectivity index (χ2v) is 5.69. The van der Waals surface area contributed by atoms with Crippen LogP contribution in [0, 0.1) is 10.1 Å². The number of rotatable bonds is 6. The molecule has 2 aromatic carbocycles. The molecule has 0 saturated heterocycles. The van der Waals surface area contributed by atoms with Crippen LogP contribution < -0.4 is 14.8 Å². The van der Waals surface area contributed by atoms with E-state index < -0.39 is 28.6 Å². The number of esters is 2. The van der Waals surface area contributed by atoms with Crippen LogP contribution in [0.25, 0.3) is 0 Å². The van der Waals surface area contributed by atoms with E-state index in [4.69, 9.17) is 14.2 Å². The van der Waals surface area contributed by atoms with Crippen molar-refractivity contribution in [1.29, 1.82) is 0 Å². The quantitative estimate of drug-likeness (QED) is 0.451. The number of hydrogen-bond donors (Lipinski definition) is 1. The number of nitro benzene ring substituents is 1. The van der Waals surface area contributed by atoms with E-state index in [1.807, 2.05) is 0 Å². The van der Waals surface area contributed by atoms with Gasteiger partial charge in [0.25, 0.3) is 5.69 Å². The summed E-state index contributed by atoms with van der Waals surface area (Å²) in [6.45, 7) is 0.0650. The highest BCUT2D eigenvalue weighted by Crippen LogP contribution is 2.36. The summed E-state index contributed by atoms with van der Waals surface area (Å²) in [7, 11) is 2.38. The van der Waals surface area contributed by atoms with Gasteiger partial charge in [-0.1, -0.05) is 6.07 Å². The lowest BCUT2D eigenvalue weighted by Crippen LogP contribution is -2.23. The fourth-order valence-electron chi connectivity index (χ4n) is 2.69. The van der Waals surface area contributed by atoms with Gasteiger partial charge in [0, 0.05) is 6.07 Å². The molecule has 146 valence electrons. The van der Waals surface area contributed by atoms with Crippen LogP contribution in [-0.2, 0) is 14.3 Å². The Balaban J connectivity index is 1.98. The number of nitrogens with zero attached hydrogens (tertiary/aromatic N) is 1. The Bertz CT molecular complexity index is 943. The molecule has 28 heavy (non-hydrogen) atoms. The molecule has 1 atom stereocenters. The molecule has 0 fully saturated rings. The zero-order valence-corrected chi connectivity index (χ0v) is 15.0. The average molecular weight is 388 g/mol. The van der Waals surface area contributed by atoms with Crippen LogP contribution >= 0.6 is 0 Å². The minimum absolute atomic E-state index is 0.0115. The van der Waals surface area contributed by atoms with Crippen LogP contribution in [0.5, 0.6) is 11.5 Å². The first-order chi connectivity index (χ1) is 13.4. The van der Waals surface area contributed by atoms with Gasteiger partial charge >= 0.3 is 11.9 Å². The summed E-state index contributed by atoms with van der Waals surface area (Å²) >= 11 is 0. The number of hydrogen-bond acceptors (Lipinski definition) is 9. The van der Waals surface area contributed by atoms with E-state index in [0.29, 0.717) is 17.1 Å². The Hall–Kier alpha value is -3.82. The molecule has 0 bridgehead atoms. The van der Waals surface area contributed by atoms with Crippen LogP contribution in [0.15, 0.2) is 36.4 Å². The SMILES string of the molecule is COC(=O)c1ccc(N[C@H](C(=O)OC)c2ccc3c(c2)OCO3)c([N+](=O)[O-])c1. The van der Waals surface area contributed by atoms with Crippen molar-refractivity contribution in [2.45, 2.75) is 6.04 Å². The molecule has 1 heterocycles. The Kier molecular flexibility index (Phi) is 5.30. The fraction of sp³-hybridized carbons (Fsp3) is 0.222. The molecule has 0 aliphatic carbocycles. The summed E-state index contributed by atoms with van der Waals surface area (Å²) < 4.78 is 19.9. The van der Waals surface area contributed by atoms with E-state index in [0.717, 1.165) is 6.07 Å². The third-order valence-electron chi connectivity index (χ3n) is 4.08. The maximum atomic E-state index is 12.3. The monoisotopic (exact) mass is 388 g/mol. The lowest BCUT2D eigenvalue weighted by molar-refractivity contribution is -0.384. The van der Waals surface area contributed by atoms with E-state index in [9.17, 15) is 19.7 Å². The summed E-state index contributed by atoms with van der Waals surface area (Å²) in [5, 5.41) is 14.3. The van der Waals surface area contributed by atoms with Crippen LogP contribution in [0.4, 0.5) is 11.4 Å². The summed E-state index contributed by atoms with van der Waals surface area (Å²) in [4.78, 5) is 34.8. The molecule has 1 aliphatic rings. The Morgan fingerprint density at radius 2 is 1.86 bits per heavy atom. The largest absolute Gasteiger partial charge is 0.467 e. The lowest BCUT2D eigenvalue weighted by atomic mass is 10.0. The van der Waals surface area contributed by atoms with Crippen LogP contribution in [0.1, 0.15) is 22.0 Å². The first kappa shape index (κ1) is 19.0. The summed E-state index contributed by atoms with van der Waals surface area (Å²) in [5.41, 5.74) is 0.114. The average Bonchev–Trinajstić information content (AvgIpc) is 3.18. The number of fused-ring (bicyclic) bond motifs is 1. The van der Waals surface area contributed by atoms with Gasteiger partial charge in [-0.3, -0.25) is 10.1 Å². The molecule has 10 nitrogen and oxygen atoms in total. The van der Waals surface area contributed by atoms with E-state index >= 15 is 0 Å². The van der Waals surface area contributed by atoms with Crippen molar-refractivity contribution in [2.24, 2.45) is 0 Å². The highest BCUT2D eigenvalue weighted by Gasteiger charge is 2.27. The van der Waals surface area contributed by atoms with Gasteiger partial charge in [-0.05, 0) is 29.8 Å². The van der Waals surface area contributed by atoms with Crippen LogP contribution in [-0.4, -0.2) is 37.9 Å². The normalized spacial score (nSPS) is 12.8. The third kappa shape index (κ3) is 3.65. The van der Waals surface area contributed by atoms with Gasteiger partial charge in [0.2, 0.25) is 6.79 Å². The van der Waals surface area contributed by atoms with Gasteiger partial charge in [-0.2, -0.15) is 0 Å². The van der Waals surface area contributed by atoms with Crippen LogP contribution in [0.3, 0.4) is 0 Å². The molecule has 0 radical (unpaired) electrons. The van der Waals surface area contributed by atoms with Gasteiger partial charge in [-0.15, -0.1) is 0 Å². The van der Waals surface area contributed by atoms with Gasteiger partial charge in [-0.25, -0.2) is 9.59 Å². The number of anilines is 1.